The molecule has 0 aliphatic carbocycles. The van der Waals surface area contributed by atoms with E-state index in [4.69, 9.17) is 5.26 Å². The quantitative estimate of drug-likeness (QED) is 0.769. The molecule has 0 radical (unpaired) electrons. The zero-order valence-electron chi connectivity index (χ0n) is 7.79. The molecule has 0 amide bonds. The fourth-order valence-electron chi connectivity index (χ4n) is 1.04. The van der Waals surface area contributed by atoms with Crippen LogP contribution in [0.15, 0.2) is 52.6 Å². The molecule has 15 heavy (non-hydrogen) atoms. The molecule has 0 atom stereocenters. The minimum absolute atomic E-state index is 0.340. The molecule has 0 fully saturated rings. The Morgan fingerprint density at radius 1 is 1.07 bits per heavy atom. The van der Waals surface area contributed by atoms with Crippen LogP contribution in [0.2, 0.25) is 0 Å². The number of hydrogen-bond donors (Lipinski definition) is 0. The lowest BCUT2D eigenvalue weighted by Gasteiger charge is -1.98. The summed E-state index contributed by atoms with van der Waals surface area (Å²) in [4.78, 5) is 9.18. The molecule has 0 aliphatic rings. The predicted molar refractivity (Wildman–Crippen MR) is 57.3 cm³/mol. The van der Waals surface area contributed by atoms with Crippen LogP contribution < -0.4 is 0 Å². The maximum Gasteiger partial charge on any atom is 0.158 e. The van der Waals surface area contributed by atoms with E-state index < -0.39 is 0 Å². The Labute approximate surface area is 91.8 Å². The van der Waals surface area contributed by atoms with Gasteiger partial charge in [-0.15, -0.1) is 0 Å². The van der Waals surface area contributed by atoms with Crippen LogP contribution in [0, 0.1) is 11.3 Å². The lowest BCUT2D eigenvalue weighted by Crippen LogP contribution is -1.86. The van der Waals surface area contributed by atoms with Crippen molar-refractivity contribution in [3.05, 3.63) is 48.4 Å². The van der Waals surface area contributed by atoms with E-state index in [-0.39, 0.29) is 0 Å². The van der Waals surface area contributed by atoms with Gasteiger partial charge in [0.25, 0.3) is 0 Å². The van der Waals surface area contributed by atoms with Crippen molar-refractivity contribution < 1.29 is 0 Å². The molecular formula is C11H7N3S. The fourth-order valence-corrected chi connectivity index (χ4v) is 1.78. The summed E-state index contributed by atoms with van der Waals surface area (Å²) in [6.07, 6.45) is 3.08. The maximum atomic E-state index is 8.56. The van der Waals surface area contributed by atoms with Gasteiger partial charge in [0.1, 0.15) is 11.1 Å². The standard InChI is InChI=1S/C11H7N3S/c12-6-9-7-14-11(8-13-9)15-10-4-2-1-3-5-10/h1-5,7-8H. The van der Waals surface area contributed by atoms with Crippen molar-refractivity contribution in [1.82, 2.24) is 9.97 Å². The Balaban J connectivity index is 2.16. The summed E-state index contributed by atoms with van der Waals surface area (Å²) in [5.41, 5.74) is 0.340. The summed E-state index contributed by atoms with van der Waals surface area (Å²) in [7, 11) is 0. The van der Waals surface area contributed by atoms with Gasteiger partial charge in [-0.1, -0.05) is 30.0 Å². The van der Waals surface area contributed by atoms with Gasteiger partial charge in [-0.3, -0.25) is 0 Å². The second-order valence-corrected chi connectivity index (χ2v) is 3.86. The molecule has 1 heterocycles. The molecule has 2 aromatic rings. The summed E-state index contributed by atoms with van der Waals surface area (Å²) < 4.78 is 0. The number of rotatable bonds is 2. The Morgan fingerprint density at radius 3 is 2.47 bits per heavy atom. The van der Waals surface area contributed by atoms with E-state index in [0.717, 1.165) is 9.92 Å². The van der Waals surface area contributed by atoms with E-state index >= 15 is 0 Å². The van der Waals surface area contributed by atoms with Crippen LogP contribution in [-0.4, -0.2) is 9.97 Å². The maximum absolute atomic E-state index is 8.56. The van der Waals surface area contributed by atoms with Crippen LogP contribution in [0.3, 0.4) is 0 Å². The van der Waals surface area contributed by atoms with Crippen LogP contribution in [0.4, 0.5) is 0 Å². The highest BCUT2D eigenvalue weighted by atomic mass is 32.2. The van der Waals surface area contributed by atoms with Gasteiger partial charge in [-0.05, 0) is 12.1 Å². The van der Waals surface area contributed by atoms with Gasteiger partial charge < -0.3 is 0 Å². The number of benzene rings is 1. The van der Waals surface area contributed by atoms with Gasteiger partial charge in [0.15, 0.2) is 5.69 Å². The van der Waals surface area contributed by atoms with Gasteiger partial charge in [0.2, 0.25) is 0 Å². The van der Waals surface area contributed by atoms with Crippen LogP contribution in [0.1, 0.15) is 5.69 Å². The molecule has 4 heteroatoms. The summed E-state index contributed by atoms with van der Waals surface area (Å²) in [5, 5.41) is 9.35. The van der Waals surface area contributed by atoms with E-state index in [1.807, 2.05) is 36.4 Å². The normalized spacial score (nSPS) is 9.53. The first-order valence-electron chi connectivity index (χ1n) is 4.33. The Kier molecular flexibility index (Phi) is 2.96. The Bertz CT molecular complexity index is 473. The van der Waals surface area contributed by atoms with Crippen molar-refractivity contribution >= 4 is 11.8 Å². The van der Waals surface area contributed by atoms with Gasteiger partial charge in [-0.25, -0.2) is 9.97 Å². The van der Waals surface area contributed by atoms with Crippen LogP contribution in [0.25, 0.3) is 0 Å². The molecule has 0 unspecified atom stereocenters. The van der Waals surface area contributed by atoms with E-state index in [1.165, 1.54) is 18.0 Å². The minimum atomic E-state index is 0.340. The zero-order chi connectivity index (χ0) is 10.5. The molecule has 0 bridgehead atoms. The Morgan fingerprint density at radius 2 is 1.87 bits per heavy atom. The largest absolute Gasteiger partial charge is 0.245 e. The summed E-state index contributed by atoms with van der Waals surface area (Å²) >= 11 is 1.52. The third-order valence-corrected chi connectivity index (χ3v) is 2.64. The number of aromatic nitrogens is 2. The molecule has 1 aromatic heterocycles. The van der Waals surface area contributed by atoms with Crippen molar-refractivity contribution in [2.75, 3.05) is 0 Å². The first-order valence-corrected chi connectivity index (χ1v) is 5.15. The first-order chi connectivity index (χ1) is 7.38. The van der Waals surface area contributed by atoms with Crippen molar-refractivity contribution in [2.45, 2.75) is 9.92 Å². The third kappa shape index (κ3) is 2.55. The fraction of sp³-hybridized carbons (Fsp3) is 0. The molecule has 0 N–H and O–H groups in total. The van der Waals surface area contributed by atoms with Crippen molar-refractivity contribution in [1.29, 1.82) is 5.26 Å². The van der Waals surface area contributed by atoms with Gasteiger partial charge in [-0.2, -0.15) is 5.26 Å². The second kappa shape index (κ2) is 4.58. The average molecular weight is 213 g/mol. The molecule has 0 saturated carbocycles. The van der Waals surface area contributed by atoms with E-state index in [9.17, 15) is 0 Å². The summed E-state index contributed by atoms with van der Waals surface area (Å²) in [6, 6.07) is 11.9. The first kappa shape index (κ1) is 9.69. The van der Waals surface area contributed by atoms with Crippen LogP contribution in [-0.2, 0) is 0 Å². The van der Waals surface area contributed by atoms with Crippen molar-refractivity contribution in [2.24, 2.45) is 0 Å². The van der Waals surface area contributed by atoms with Crippen LogP contribution >= 0.6 is 11.8 Å². The molecule has 0 saturated heterocycles. The second-order valence-electron chi connectivity index (χ2n) is 2.77. The highest BCUT2D eigenvalue weighted by Gasteiger charge is 1.98. The third-order valence-electron chi connectivity index (χ3n) is 1.71. The van der Waals surface area contributed by atoms with Gasteiger partial charge in [0.05, 0.1) is 12.4 Å². The van der Waals surface area contributed by atoms with Crippen molar-refractivity contribution in [3.8, 4) is 6.07 Å². The molecule has 0 aliphatic heterocycles. The number of hydrogen-bond acceptors (Lipinski definition) is 4. The highest BCUT2D eigenvalue weighted by Crippen LogP contribution is 2.24. The summed E-state index contributed by atoms with van der Waals surface area (Å²) in [6.45, 7) is 0. The zero-order valence-corrected chi connectivity index (χ0v) is 8.61. The lowest BCUT2D eigenvalue weighted by molar-refractivity contribution is 1.04. The topological polar surface area (TPSA) is 49.6 Å². The van der Waals surface area contributed by atoms with E-state index in [1.54, 1.807) is 6.20 Å². The predicted octanol–water partition coefficient (Wildman–Crippen LogP) is 2.50. The van der Waals surface area contributed by atoms with E-state index in [0.29, 0.717) is 5.69 Å². The summed E-state index contributed by atoms with van der Waals surface area (Å²) in [5.74, 6) is 0. The SMILES string of the molecule is N#Cc1cnc(Sc2ccccc2)cn1. The van der Waals surface area contributed by atoms with Crippen LogP contribution in [0.5, 0.6) is 0 Å². The highest BCUT2D eigenvalue weighted by molar-refractivity contribution is 7.99. The molecule has 1 aromatic carbocycles. The molecule has 3 nitrogen and oxygen atoms in total. The van der Waals surface area contributed by atoms with E-state index in [2.05, 4.69) is 9.97 Å². The Hall–Kier alpha value is -1.86. The molecule has 72 valence electrons. The molecule has 2 rings (SSSR count). The molecular weight excluding hydrogens is 206 g/mol. The average Bonchev–Trinajstić information content (AvgIpc) is 2.31. The minimum Gasteiger partial charge on any atom is -0.245 e. The molecule has 0 spiro atoms. The van der Waals surface area contributed by atoms with Gasteiger partial charge in [0, 0.05) is 4.90 Å². The monoisotopic (exact) mass is 213 g/mol. The lowest BCUT2D eigenvalue weighted by atomic mass is 10.4. The van der Waals surface area contributed by atoms with Gasteiger partial charge >= 0.3 is 0 Å². The smallest absolute Gasteiger partial charge is 0.158 e. The van der Waals surface area contributed by atoms with Crippen molar-refractivity contribution in [3.63, 3.8) is 0 Å². The number of nitriles is 1. The number of nitrogens with zero attached hydrogens (tertiary/aromatic N) is 3.